The minimum atomic E-state index is -0.0781. The number of benzene rings is 2. The molecule has 0 bridgehead atoms. The third kappa shape index (κ3) is 4.16. The Morgan fingerprint density at radius 1 is 1.25 bits per heavy atom. The van der Waals surface area contributed by atoms with Crippen LogP contribution in [-0.2, 0) is 4.79 Å². The third-order valence-electron chi connectivity index (χ3n) is 3.79. The minimum absolute atomic E-state index is 0.0781. The maximum atomic E-state index is 12.2. The Balaban J connectivity index is 1.64. The Morgan fingerprint density at radius 2 is 1.92 bits per heavy atom. The largest absolute Gasteiger partial charge is 0.324 e. The van der Waals surface area contributed by atoms with E-state index in [2.05, 4.69) is 33.3 Å². The maximum absolute atomic E-state index is 12.2. The first-order valence-corrected chi connectivity index (χ1v) is 8.83. The summed E-state index contributed by atoms with van der Waals surface area (Å²) < 4.78 is 0.978. The summed E-state index contributed by atoms with van der Waals surface area (Å²) >= 11 is 9.31. The molecule has 124 valence electrons. The van der Waals surface area contributed by atoms with Gasteiger partial charge in [0, 0.05) is 27.6 Å². The van der Waals surface area contributed by atoms with Crippen LogP contribution in [0.2, 0.25) is 5.02 Å². The van der Waals surface area contributed by atoms with Crippen molar-refractivity contribution in [3.8, 4) is 0 Å². The predicted octanol–water partition coefficient (Wildman–Crippen LogP) is 4.40. The van der Waals surface area contributed by atoms with Gasteiger partial charge in [-0.25, -0.2) is 0 Å². The molecule has 1 aliphatic rings. The molecule has 3 rings (SSSR count). The highest BCUT2D eigenvalue weighted by Crippen LogP contribution is 2.21. The third-order valence-corrected chi connectivity index (χ3v) is 4.58. The number of hydrogen-bond donors (Lipinski definition) is 1. The van der Waals surface area contributed by atoms with E-state index in [9.17, 15) is 4.79 Å². The standard InChI is InChI=1S/C18H17BrClN3O/c1-12-10-23(22-18(12)13-2-6-15(20)7-3-13)11-17(24)21-16-8-4-14(19)5-9-16/h2-9,12H,10-11H2,1H3,(H,21,24). The van der Waals surface area contributed by atoms with Crippen LogP contribution in [0.15, 0.2) is 58.1 Å². The lowest BCUT2D eigenvalue weighted by atomic mass is 10.00. The number of anilines is 1. The molecule has 1 aliphatic heterocycles. The molecule has 1 heterocycles. The molecule has 0 saturated carbocycles. The molecule has 24 heavy (non-hydrogen) atoms. The van der Waals surface area contributed by atoms with Crippen LogP contribution >= 0.6 is 27.5 Å². The molecule has 6 heteroatoms. The molecular formula is C18H17BrClN3O. The molecule has 0 saturated heterocycles. The van der Waals surface area contributed by atoms with E-state index in [1.165, 1.54) is 0 Å². The lowest BCUT2D eigenvalue weighted by Crippen LogP contribution is -2.29. The van der Waals surface area contributed by atoms with Crippen molar-refractivity contribution in [2.24, 2.45) is 11.0 Å². The molecule has 1 unspecified atom stereocenters. The van der Waals surface area contributed by atoms with Crippen molar-refractivity contribution in [1.82, 2.24) is 5.01 Å². The van der Waals surface area contributed by atoms with E-state index < -0.39 is 0 Å². The molecule has 2 aromatic rings. The Hall–Kier alpha value is -1.85. The first kappa shape index (κ1) is 17.0. The van der Waals surface area contributed by atoms with E-state index >= 15 is 0 Å². The number of nitrogens with one attached hydrogen (secondary N) is 1. The van der Waals surface area contributed by atoms with E-state index in [4.69, 9.17) is 11.6 Å². The highest BCUT2D eigenvalue weighted by atomic mass is 79.9. The molecule has 0 aliphatic carbocycles. The SMILES string of the molecule is CC1CN(CC(=O)Nc2ccc(Br)cc2)N=C1c1ccc(Cl)cc1. The molecule has 0 fully saturated rings. The average Bonchev–Trinajstić information content (AvgIpc) is 2.90. The molecule has 2 aromatic carbocycles. The summed E-state index contributed by atoms with van der Waals surface area (Å²) in [6.07, 6.45) is 0. The maximum Gasteiger partial charge on any atom is 0.245 e. The number of hydrazone groups is 1. The number of carbonyl (C=O) groups is 1. The first-order chi connectivity index (χ1) is 11.5. The van der Waals surface area contributed by atoms with E-state index in [1.807, 2.05) is 53.5 Å². The van der Waals surface area contributed by atoms with E-state index in [0.717, 1.165) is 28.0 Å². The fourth-order valence-corrected chi connectivity index (χ4v) is 3.05. The zero-order valence-electron chi connectivity index (χ0n) is 13.2. The summed E-state index contributed by atoms with van der Waals surface area (Å²) in [6.45, 7) is 3.07. The average molecular weight is 407 g/mol. The quantitative estimate of drug-likeness (QED) is 0.818. The van der Waals surface area contributed by atoms with Gasteiger partial charge in [0.2, 0.25) is 5.91 Å². The number of hydrogen-bond acceptors (Lipinski definition) is 3. The fourth-order valence-electron chi connectivity index (χ4n) is 2.66. The molecule has 0 aromatic heterocycles. The van der Waals surface area contributed by atoms with Crippen LogP contribution < -0.4 is 5.32 Å². The molecular weight excluding hydrogens is 390 g/mol. The number of amides is 1. The van der Waals surface area contributed by atoms with Gasteiger partial charge in [0.05, 0.1) is 5.71 Å². The molecule has 1 N–H and O–H groups in total. The highest BCUT2D eigenvalue weighted by Gasteiger charge is 2.25. The molecule has 1 amide bonds. The summed E-state index contributed by atoms with van der Waals surface area (Å²) in [5.41, 5.74) is 2.81. The summed E-state index contributed by atoms with van der Waals surface area (Å²) in [5.74, 6) is 0.192. The van der Waals surface area contributed by atoms with Gasteiger partial charge in [-0.05, 0) is 42.0 Å². The lowest BCUT2D eigenvalue weighted by Gasteiger charge is -2.14. The van der Waals surface area contributed by atoms with Gasteiger partial charge in [-0.2, -0.15) is 5.10 Å². The second-order valence-electron chi connectivity index (χ2n) is 5.80. The highest BCUT2D eigenvalue weighted by molar-refractivity contribution is 9.10. The number of halogens is 2. The lowest BCUT2D eigenvalue weighted by molar-refractivity contribution is -0.117. The van der Waals surface area contributed by atoms with Crippen LogP contribution in [-0.4, -0.2) is 29.7 Å². The van der Waals surface area contributed by atoms with Crippen LogP contribution in [0.4, 0.5) is 5.69 Å². The first-order valence-electron chi connectivity index (χ1n) is 7.66. The van der Waals surface area contributed by atoms with E-state index in [0.29, 0.717) is 5.02 Å². The minimum Gasteiger partial charge on any atom is -0.324 e. The van der Waals surface area contributed by atoms with Crippen molar-refractivity contribution >= 4 is 44.8 Å². The zero-order valence-corrected chi connectivity index (χ0v) is 15.5. The molecule has 4 nitrogen and oxygen atoms in total. The van der Waals surface area contributed by atoms with Crippen LogP contribution in [0.1, 0.15) is 12.5 Å². The number of nitrogens with zero attached hydrogens (tertiary/aromatic N) is 2. The summed E-state index contributed by atoms with van der Waals surface area (Å²) in [6, 6.07) is 15.1. The summed E-state index contributed by atoms with van der Waals surface area (Å²) in [4.78, 5) is 12.2. The summed E-state index contributed by atoms with van der Waals surface area (Å²) in [7, 11) is 0. The second-order valence-corrected chi connectivity index (χ2v) is 7.15. The van der Waals surface area contributed by atoms with Crippen LogP contribution in [0.25, 0.3) is 0 Å². The topological polar surface area (TPSA) is 44.7 Å². The fraction of sp³-hybridized carbons (Fsp3) is 0.222. The van der Waals surface area contributed by atoms with Crippen molar-refractivity contribution in [2.75, 3.05) is 18.4 Å². The number of carbonyl (C=O) groups excluding carboxylic acids is 1. The van der Waals surface area contributed by atoms with Gasteiger partial charge >= 0.3 is 0 Å². The van der Waals surface area contributed by atoms with Crippen molar-refractivity contribution < 1.29 is 4.79 Å². The zero-order chi connectivity index (χ0) is 17.1. The molecule has 1 atom stereocenters. The van der Waals surface area contributed by atoms with Crippen LogP contribution in [0.3, 0.4) is 0 Å². The van der Waals surface area contributed by atoms with Crippen LogP contribution in [0, 0.1) is 5.92 Å². The predicted molar refractivity (Wildman–Crippen MR) is 101 cm³/mol. The molecule has 0 radical (unpaired) electrons. The Kier molecular flexibility index (Phi) is 5.21. The van der Waals surface area contributed by atoms with Crippen molar-refractivity contribution in [3.63, 3.8) is 0 Å². The Labute approximate surface area is 154 Å². The van der Waals surface area contributed by atoms with Crippen molar-refractivity contribution in [2.45, 2.75) is 6.92 Å². The van der Waals surface area contributed by atoms with Crippen molar-refractivity contribution in [3.05, 3.63) is 63.6 Å². The van der Waals surface area contributed by atoms with Gasteiger partial charge in [0.1, 0.15) is 6.54 Å². The van der Waals surface area contributed by atoms with E-state index in [-0.39, 0.29) is 18.4 Å². The van der Waals surface area contributed by atoms with Gasteiger partial charge in [-0.3, -0.25) is 9.80 Å². The normalized spacial score (nSPS) is 16.9. The van der Waals surface area contributed by atoms with Gasteiger partial charge in [-0.1, -0.05) is 46.6 Å². The number of rotatable bonds is 4. The summed E-state index contributed by atoms with van der Waals surface area (Å²) in [5, 5.41) is 10.0. The second kappa shape index (κ2) is 7.36. The smallest absolute Gasteiger partial charge is 0.245 e. The Morgan fingerprint density at radius 3 is 2.58 bits per heavy atom. The van der Waals surface area contributed by atoms with Gasteiger partial charge in [0.25, 0.3) is 0 Å². The Bertz CT molecular complexity index is 759. The molecule has 0 spiro atoms. The van der Waals surface area contributed by atoms with Gasteiger partial charge in [0.15, 0.2) is 0 Å². The van der Waals surface area contributed by atoms with Crippen LogP contribution in [0.5, 0.6) is 0 Å². The van der Waals surface area contributed by atoms with E-state index in [1.54, 1.807) is 0 Å². The van der Waals surface area contributed by atoms with Gasteiger partial charge in [-0.15, -0.1) is 0 Å². The van der Waals surface area contributed by atoms with Crippen molar-refractivity contribution in [1.29, 1.82) is 0 Å². The monoisotopic (exact) mass is 405 g/mol. The van der Waals surface area contributed by atoms with Gasteiger partial charge < -0.3 is 5.32 Å².